The highest BCUT2D eigenvalue weighted by atomic mass is 16.5. The summed E-state index contributed by atoms with van der Waals surface area (Å²) in [6.07, 6.45) is 18.5. The Labute approximate surface area is 218 Å². The van der Waals surface area contributed by atoms with E-state index in [0.29, 0.717) is 23.2 Å². The quantitative estimate of drug-likeness (QED) is 0.128. The number of hydrogen-bond acceptors (Lipinski definition) is 4. The van der Waals surface area contributed by atoms with Crippen LogP contribution in [0.2, 0.25) is 0 Å². The van der Waals surface area contributed by atoms with Gasteiger partial charge >= 0.3 is 5.97 Å². The van der Waals surface area contributed by atoms with Crippen LogP contribution in [0.3, 0.4) is 0 Å². The molecule has 1 saturated carbocycles. The zero-order valence-corrected chi connectivity index (χ0v) is 22.5. The second kappa shape index (κ2) is 15.6. The number of esters is 1. The number of aryl methyl sites for hydroxylation is 2. The maximum absolute atomic E-state index is 13.1. The number of carbonyl (C=O) groups is 1. The smallest absolute Gasteiger partial charge is 0.343 e. The van der Waals surface area contributed by atoms with Crippen molar-refractivity contribution >= 4 is 5.97 Å². The summed E-state index contributed by atoms with van der Waals surface area (Å²) in [7, 11) is 0. The van der Waals surface area contributed by atoms with Gasteiger partial charge in [-0.3, -0.25) is 0 Å². The fourth-order valence-electron chi connectivity index (χ4n) is 4.58. The number of carbonyl (C=O) groups excluding carboxylic acids is 1. The normalized spacial score (nSPS) is 13.1. The number of ether oxygens (including phenoxy) is 2. The molecular weight excluding hydrogens is 448 g/mol. The Hall–Kier alpha value is -2.49. The maximum atomic E-state index is 13.1. The molecule has 0 amide bonds. The molecule has 36 heavy (non-hydrogen) atoms. The van der Waals surface area contributed by atoms with E-state index in [1.165, 1.54) is 51.4 Å². The van der Waals surface area contributed by atoms with Gasteiger partial charge in [-0.1, -0.05) is 78.1 Å². The van der Waals surface area contributed by atoms with Gasteiger partial charge in [0.05, 0.1) is 11.7 Å². The van der Waals surface area contributed by atoms with Crippen molar-refractivity contribution in [3.63, 3.8) is 0 Å². The summed E-state index contributed by atoms with van der Waals surface area (Å²) in [5.74, 6) is 1.31. The molecule has 0 spiro atoms. The first kappa shape index (κ1) is 28.1. The molecule has 0 unspecified atom stereocenters. The molecule has 0 radical (unpaired) electrons. The van der Waals surface area contributed by atoms with Crippen molar-refractivity contribution in [1.82, 2.24) is 0 Å². The van der Waals surface area contributed by atoms with Gasteiger partial charge < -0.3 is 14.6 Å². The number of phenols is 1. The monoisotopic (exact) mass is 494 g/mol. The molecule has 2 aromatic carbocycles. The second-order valence-corrected chi connectivity index (χ2v) is 10.4. The number of rotatable bonds is 18. The molecule has 198 valence electrons. The minimum atomic E-state index is -0.376. The van der Waals surface area contributed by atoms with E-state index < -0.39 is 0 Å². The third kappa shape index (κ3) is 9.87. The van der Waals surface area contributed by atoms with E-state index in [2.05, 4.69) is 13.8 Å². The van der Waals surface area contributed by atoms with Crippen molar-refractivity contribution in [2.75, 3.05) is 0 Å². The number of unbranched alkanes of at least 4 members (excludes halogenated alkanes) is 10. The summed E-state index contributed by atoms with van der Waals surface area (Å²) in [5.41, 5.74) is 2.26. The van der Waals surface area contributed by atoms with E-state index in [4.69, 9.17) is 9.47 Å². The lowest BCUT2D eigenvalue weighted by molar-refractivity contribution is 0.0734. The summed E-state index contributed by atoms with van der Waals surface area (Å²) >= 11 is 0. The Bertz CT molecular complexity index is 877. The largest absolute Gasteiger partial charge is 0.507 e. The summed E-state index contributed by atoms with van der Waals surface area (Å²) in [5, 5.41) is 11.0. The van der Waals surface area contributed by atoms with Crippen molar-refractivity contribution in [2.45, 2.75) is 123 Å². The zero-order valence-electron chi connectivity index (χ0n) is 22.5. The second-order valence-electron chi connectivity index (χ2n) is 10.4. The van der Waals surface area contributed by atoms with Gasteiger partial charge in [0.2, 0.25) is 0 Å². The van der Waals surface area contributed by atoms with Gasteiger partial charge in [0.1, 0.15) is 17.2 Å². The minimum Gasteiger partial charge on any atom is -0.507 e. The third-order valence-corrected chi connectivity index (χ3v) is 6.96. The topological polar surface area (TPSA) is 55.8 Å². The SMILES string of the molecule is CCCCCCCCc1cc(C(=O)Oc2ccc(OC3CC3)cc2)cc(CCCCCCCC)c1O. The number of hydrogen-bond donors (Lipinski definition) is 1. The predicted molar refractivity (Wildman–Crippen MR) is 147 cm³/mol. The molecular formula is C32H46O4. The molecule has 2 aromatic rings. The fraction of sp³-hybridized carbons (Fsp3) is 0.594. The molecule has 0 bridgehead atoms. The Balaban J connectivity index is 1.64. The maximum Gasteiger partial charge on any atom is 0.343 e. The summed E-state index contributed by atoms with van der Waals surface area (Å²) in [6, 6.07) is 10.9. The predicted octanol–water partition coefficient (Wildman–Crippen LogP) is 8.96. The van der Waals surface area contributed by atoms with Crippen LogP contribution in [-0.2, 0) is 12.8 Å². The lowest BCUT2D eigenvalue weighted by Gasteiger charge is -2.14. The first-order chi connectivity index (χ1) is 17.6. The van der Waals surface area contributed by atoms with E-state index >= 15 is 0 Å². The van der Waals surface area contributed by atoms with Crippen molar-refractivity contribution in [1.29, 1.82) is 0 Å². The molecule has 0 atom stereocenters. The highest BCUT2D eigenvalue weighted by molar-refractivity contribution is 5.92. The molecule has 1 aliphatic carbocycles. The highest BCUT2D eigenvalue weighted by Gasteiger charge is 2.23. The molecule has 0 aromatic heterocycles. The Morgan fingerprint density at radius 3 is 1.72 bits per heavy atom. The number of aromatic hydroxyl groups is 1. The average molecular weight is 495 g/mol. The Kier molecular flexibility index (Phi) is 12.2. The molecule has 1 aliphatic rings. The molecule has 1 fully saturated rings. The van der Waals surface area contributed by atoms with E-state index in [1.807, 2.05) is 24.3 Å². The van der Waals surface area contributed by atoms with Crippen LogP contribution in [0.15, 0.2) is 36.4 Å². The highest BCUT2D eigenvalue weighted by Crippen LogP contribution is 2.30. The van der Waals surface area contributed by atoms with Crippen LogP contribution < -0.4 is 9.47 Å². The number of benzene rings is 2. The van der Waals surface area contributed by atoms with Crippen molar-refractivity contribution in [3.8, 4) is 17.2 Å². The average Bonchev–Trinajstić information content (AvgIpc) is 3.70. The molecule has 0 heterocycles. The van der Waals surface area contributed by atoms with Crippen LogP contribution in [0.25, 0.3) is 0 Å². The van der Waals surface area contributed by atoms with Gasteiger partial charge in [0.25, 0.3) is 0 Å². The molecule has 4 heteroatoms. The molecule has 0 aliphatic heterocycles. The summed E-state index contributed by atoms with van der Waals surface area (Å²) in [6.45, 7) is 4.45. The zero-order chi connectivity index (χ0) is 25.6. The molecule has 0 saturated heterocycles. The van der Waals surface area contributed by atoms with Crippen LogP contribution in [0.4, 0.5) is 0 Å². The van der Waals surface area contributed by atoms with Crippen molar-refractivity contribution in [2.24, 2.45) is 0 Å². The Morgan fingerprint density at radius 2 is 1.22 bits per heavy atom. The van der Waals surface area contributed by atoms with Gasteiger partial charge in [0, 0.05) is 0 Å². The molecule has 3 rings (SSSR count). The van der Waals surface area contributed by atoms with E-state index in [9.17, 15) is 9.90 Å². The van der Waals surface area contributed by atoms with Crippen LogP contribution in [0.1, 0.15) is 125 Å². The lowest BCUT2D eigenvalue weighted by atomic mass is 9.96. The lowest BCUT2D eigenvalue weighted by Crippen LogP contribution is -2.10. The fourth-order valence-corrected chi connectivity index (χ4v) is 4.58. The van der Waals surface area contributed by atoms with Crippen LogP contribution in [-0.4, -0.2) is 17.2 Å². The summed E-state index contributed by atoms with van der Waals surface area (Å²) in [4.78, 5) is 13.1. The van der Waals surface area contributed by atoms with Gasteiger partial charge in [-0.2, -0.15) is 0 Å². The van der Waals surface area contributed by atoms with Crippen molar-refractivity contribution in [3.05, 3.63) is 53.1 Å². The van der Waals surface area contributed by atoms with Gasteiger partial charge in [0.15, 0.2) is 0 Å². The van der Waals surface area contributed by atoms with Crippen molar-refractivity contribution < 1.29 is 19.4 Å². The van der Waals surface area contributed by atoms with Crippen LogP contribution in [0.5, 0.6) is 17.2 Å². The molecule has 1 N–H and O–H groups in total. The van der Waals surface area contributed by atoms with E-state index in [0.717, 1.165) is 68.2 Å². The third-order valence-electron chi connectivity index (χ3n) is 6.96. The van der Waals surface area contributed by atoms with Crippen LogP contribution >= 0.6 is 0 Å². The van der Waals surface area contributed by atoms with Gasteiger partial charge in [-0.25, -0.2) is 4.79 Å². The number of phenolic OH excluding ortho intramolecular Hbond substituents is 1. The molecule has 4 nitrogen and oxygen atoms in total. The minimum absolute atomic E-state index is 0.338. The standard InChI is InChI=1S/C32H46O4/c1-3-5-7-9-11-13-15-25-23-27(24-26(31(25)33)16-14-12-10-8-6-4-2)32(34)36-30-21-19-29(20-22-30)35-28-17-18-28/h19-24,28,33H,3-18H2,1-2H3. The van der Waals surface area contributed by atoms with Crippen LogP contribution in [0, 0.1) is 0 Å². The van der Waals surface area contributed by atoms with Gasteiger partial charge in [-0.05, 0) is 86.1 Å². The van der Waals surface area contributed by atoms with E-state index in [1.54, 1.807) is 12.1 Å². The van der Waals surface area contributed by atoms with Gasteiger partial charge in [-0.15, -0.1) is 0 Å². The summed E-state index contributed by atoms with van der Waals surface area (Å²) < 4.78 is 11.5. The Morgan fingerprint density at radius 1 is 0.750 bits per heavy atom. The van der Waals surface area contributed by atoms with E-state index in [-0.39, 0.29) is 5.97 Å². The first-order valence-corrected chi connectivity index (χ1v) is 14.4. The first-order valence-electron chi connectivity index (χ1n) is 14.4.